The highest BCUT2D eigenvalue weighted by molar-refractivity contribution is 5.93. The summed E-state index contributed by atoms with van der Waals surface area (Å²) in [6, 6.07) is 14.6. The number of aryl methyl sites for hydroxylation is 1. The normalized spacial score (nSPS) is 14.1. The van der Waals surface area contributed by atoms with Crippen molar-refractivity contribution in [2.75, 3.05) is 36.4 Å². The number of rotatable bonds is 3. The monoisotopic (exact) mass is 354 g/mol. The molecule has 0 atom stereocenters. The van der Waals surface area contributed by atoms with Gasteiger partial charge in [-0.25, -0.2) is 10.3 Å². The Kier molecular flexibility index (Phi) is 5.38. The van der Waals surface area contributed by atoms with E-state index >= 15 is 0 Å². The van der Waals surface area contributed by atoms with Gasteiger partial charge in [-0.3, -0.25) is 10.0 Å². The molecule has 0 spiro atoms. The Bertz CT molecular complexity index is 766. The minimum absolute atomic E-state index is 0.0940. The Balaban J connectivity index is 1.54. The fraction of sp³-hybridized carbons (Fsp3) is 0.263. The van der Waals surface area contributed by atoms with Gasteiger partial charge in [0.15, 0.2) is 0 Å². The van der Waals surface area contributed by atoms with Crippen LogP contribution in [0.25, 0.3) is 0 Å². The first-order chi connectivity index (χ1) is 12.6. The number of hydroxylamine groups is 1. The average molecular weight is 354 g/mol. The van der Waals surface area contributed by atoms with E-state index in [9.17, 15) is 9.59 Å². The number of piperazine rings is 1. The van der Waals surface area contributed by atoms with E-state index in [1.807, 2.05) is 43.3 Å². The lowest BCUT2D eigenvalue weighted by Crippen LogP contribution is -2.50. The van der Waals surface area contributed by atoms with Crippen LogP contribution >= 0.6 is 0 Å². The molecule has 0 unspecified atom stereocenters. The summed E-state index contributed by atoms with van der Waals surface area (Å²) in [4.78, 5) is 27.7. The van der Waals surface area contributed by atoms with E-state index < -0.39 is 5.91 Å². The summed E-state index contributed by atoms with van der Waals surface area (Å²) >= 11 is 0. The second-order valence-corrected chi connectivity index (χ2v) is 6.26. The maximum Gasteiger partial charge on any atom is 0.321 e. The lowest BCUT2D eigenvalue weighted by Gasteiger charge is -2.36. The molecular formula is C19H22N4O3. The molecule has 26 heavy (non-hydrogen) atoms. The molecule has 0 aromatic heterocycles. The fourth-order valence-electron chi connectivity index (χ4n) is 2.90. The number of urea groups is 1. The van der Waals surface area contributed by atoms with Gasteiger partial charge in [0, 0.05) is 43.1 Å². The highest BCUT2D eigenvalue weighted by Gasteiger charge is 2.21. The van der Waals surface area contributed by atoms with E-state index in [4.69, 9.17) is 5.21 Å². The Labute approximate surface area is 152 Å². The topological polar surface area (TPSA) is 84.9 Å². The van der Waals surface area contributed by atoms with Crippen LogP contribution in [-0.4, -0.2) is 48.2 Å². The van der Waals surface area contributed by atoms with Crippen LogP contribution in [0.3, 0.4) is 0 Å². The Hall–Kier alpha value is -3.06. The van der Waals surface area contributed by atoms with E-state index in [-0.39, 0.29) is 6.03 Å². The van der Waals surface area contributed by atoms with Gasteiger partial charge in [-0.1, -0.05) is 17.7 Å². The third-order valence-electron chi connectivity index (χ3n) is 4.47. The number of carbonyl (C=O) groups is 2. The number of nitrogens with one attached hydrogen (secondary N) is 2. The van der Waals surface area contributed by atoms with Gasteiger partial charge in [0.05, 0.1) is 0 Å². The first-order valence-corrected chi connectivity index (χ1v) is 8.49. The zero-order valence-corrected chi connectivity index (χ0v) is 14.6. The van der Waals surface area contributed by atoms with E-state index in [0.717, 1.165) is 16.9 Å². The van der Waals surface area contributed by atoms with Crippen LogP contribution in [0.2, 0.25) is 0 Å². The van der Waals surface area contributed by atoms with Crippen LogP contribution in [-0.2, 0) is 0 Å². The van der Waals surface area contributed by atoms with E-state index in [2.05, 4.69) is 10.2 Å². The van der Waals surface area contributed by atoms with E-state index in [1.54, 1.807) is 22.5 Å². The summed E-state index contributed by atoms with van der Waals surface area (Å²) in [5, 5.41) is 11.6. The standard InChI is InChI=1S/C19H22N4O3/c1-14-2-6-16(7-3-14)20-19(25)23-12-10-22(11-13-23)17-8-4-15(5-9-17)18(24)21-26/h2-9,26H,10-13H2,1H3,(H,20,25)(H,21,24). The van der Waals surface area contributed by atoms with Crippen LogP contribution in [0.4, 0.5) is 16.2 Å². The third kappa shape index (κ3) is 4.12. The Morgan fingerprint density at radius 3 is 2.12 bits per heavy atom. The molecule has 136 valence electrons. The van der Waals surface area contributed by atoms with Crippen molar-refractivity contribution in [3.05, 3.63) is 59.7 Å². The smallest absolute Gasteiger partial charge is 0.321 e. The number of hydrogen-bond acceptors (Lipinski definition) is 4. The third-order valence-corrected chi connectivity index (χ3v) is 4.47. The second-order valence-electron chi connectivity index (χ2n) is 6.26. The molecule has 1 saturated heterocycles. The van der Waals surface area contributed by atoms with Gasteiger partial charge in [0.2, 0.25) is 0 Å². The SMILES string of the molecule is Cc1ccc(NC(=O)N2CCN(c3ccc(C(=O)NO)cc3)CC2)cc1. The van der Waals surface area contributed by atoms with Crippen molar-refractivity contribution in [1.82, 2.24) is 10.4 Å². The summed E-state index contributed by atoms with van der Waals surface area (Å²) < 4.78 is 0. The van der Waals surface area contributed by atoms with Crippen LogP contribution in [0.1, 0.15) is 15.9 Å². The predicted molar refractivity (Wildman–Crippen MR) is 99.7 cm³/mol. The molecule has 3 N–H and O–H groups in total. The number of anilines is 2. The fourth-order valence-corrected chi connectivity index (χ4v) is 2.90. The summed E-state index contributed by atoms with van der Waals surface area (Å²) in [5.74, 6) is -0.533. The molecule has 2 aromatic carbocycles. The Morgan fingerprint density at radius 1 is 0.923 bits per heavy atom. The van der Waals surface area contributed by atoms with E-state index in [1.165, 1.54) is 0 Å². The van der Waals surface area contributed by atoms with Crippen LogP contribution in [0, 0.1) is 6.92 Å². The van der Waals surface area contributed by atoms with Crippen molar-refractivity contribution >= 4 is 23.3 Å². The van der Waals surface area contributed by atoms with E-state index in [0.29, 0.717) is 31.7 Å². The Morgan fingerprint density at radius 2 is 1.54 bits per heavy atom. The molecule has 3 amide bonds. The van der Waals surface area contributed by atoms with Gasteiger partial charge in [0.1, 0.15) is 0 Å². The molecule has 0 aliphatic carbocycles. The molecule has 7 nitrogen and oxygen atoms in total. The largest absolute Gasteiger partial charge is 0.368 e. The van der Waals surface area contributed by atoms with Crippen molar-refractivity contribution in [2.45, 2.75) is 6.92 Å². The summed E-state index contributed by atoms with van der Waals surface area (Å²) in [6.45, 7) is 4.68. The van der Waals surface area contributed by atoms with Crippen molar-refractivity contribution in [3.63, 3.8) is 0 Å². The van der Waals surface area contributed by atoms with Gasteiger partial charge in [-0.05, 0) is 43.3 Å². The number of hydrogen-bond donors (Lipinski definition) is 3. The highest BCUT2D eigenvalue weighted by Crippen LogP contribution is 2.18. The highest BCUT2D eigenvalue weighted by atomic mass is 16.5. The lowest BCUT2D eigenvalue weighted by atomic mass is 10.1. The van der Waals surface area contributed by atoms with Crippen molar-refractivity contribution in [1.29, 1.82) is 0 Å². The second kappa shape index (κ2) is 7.88. The molecule has 0 bridgehead atoms. The molecule has 1 heterocycles. The first kappa shape index (κ1) is 17.8. The zero-order chi connectivity index (χ0) is 18.5. The minimum atomic E-state index is -0.533. The maximum atomic E-state index is 12.4. The predicted octanol–water partition coefficient (Wildman–Crippen LogP) is 2.47. The van der Waals surface area contributed by atoms with Crippen LogP contribution < -0.4 is 15.7 Å². The maximum absolute atomic E-state index is 12.4. The van der Waals surface area contributed by atoms with Gasteiger partial charge in [-0.15, -0.1) is 0 Å². The molecule has 0 saturated carbocycles. The van der Waals surface area contributed by atoms with Gasteiger partial charge < -0.3 is 15.1 Å². The molecule has 1 aliphatic rings. The van der Waals surface area contributed by atoms with Gasteiger partial charge >= 0.3 is 6.03 Å². The lowest BCUT2D eigenvalue weighted by molar-refractivity contribution is 0.0706. The molecule has 7 heteroatoms. The van der Waals surface area contributed by atoms with Crippen LogP contribution in [0.15, 0.2) is 48.5 Å². The number of nitrogens with zero attached hydrogens (tertiary/aromatic N) is 2. The first-order valence-electron chi connectivity index (χ1n) is 8.49. The zero-order valence-electron chi connectivity index (χ0n) is 14.6. The molecule has 1 aliphatic heterocycles. The molecule has 3 rings (SSSR count). The number of amides is 3. The summed E-state index contributed by atoms with van der Waals surface area (Å²) in [6.07, 6.45) is 0. The van der Waals surface area contributed by atoms with Crippen molar-refractivity contribution in [3.8, 4) is 0 Å². The number of carbonyl (C=O) groups excluding carboxylic acids is 2. The van der Waals surface area contributed by atoms with Gasteiger partial charge in [-0.2, -0.15) is 0 Å². The van der Waals surface area contributed by atoms with Gasteiger partial charge in [0.25, 0.3) is 5.91 Å². The minimum Gasteiger partial charge on any atom is -0.368 e. The van der Waals surface area contributed by atoms with Crippen molar-refractivity contribution in [2.24, 2.45) is 0 Å². The molecular weight excluding hydrogens is 332 g/mol. The molecule has 2 aromatic rings. The summed E-state index contributed by atoms with van der Waals surface area (Å²) in [7, 11) is 0. The molecule has 1 fully saturated rings. The average Bonchev–Trinajstić information content (AvgIpc) is 2.69. The number of benzene rings is 2. The van der Waals surface area contributed by atoms with Crippen molar-refractivity contribution < 1.29 is 14.8 Å². The van der Waals surface area contributed by atoms with Crippen LogP contribution in [0.5, 0.6) is 0 Å². The molecule has 0 radical (unpaired) electrons. The summed E-state index contributed by atoms with van der Waals surface area (Å²) in [5.41, 5.74) is 4.94. The quantitative estimate of drug-likeness (QED) is 0.584.